The zero-order valence-electron chi connectivity index (χ0n) is 15.2. The third kappa shape index (κ3) is 4.02. The summed E-state index contributed by atoms with van der Waals surface area (Å²) in [6.07, 6.45) is -1.20. The van der Waals surface area contributed by atoms with E-state index in [-0.39, 0.29) is 18.1 Å². The van der Waals surface area contributed by atoms with E-state index in [0.717, 1.165) is 12.1 Å². The highest BCUT2D eigenvalue weighted by molar-refractivity contribution is 7.90. The number of amides is 3. The number of nitrogens with zero attached hydrogens (tertiary/aromatic N) is 2. The van der Waals surface area contributed by atoms with Crippen LogP contribution in [-0.2, 0) is 20.8 Å². The van der Waals surface area contributed by atoms with E-state index in [1.165, 1.54) is 18.7 Å². The van der Waals surface area contributed by atoms with Crippen LogP contribution >= 0.6 is 11.6 Å². The Morgan fingerprint density at radius 2 is 1.79 bits per heavy atom. The first kappa shape index (κ1) is 22.2. The summed E-state index contributed by atoms with van der Waals surface area (Å²) in [5, 5.41) is 0. The largest absolute Gasteiger partial charge is 0.417 e. The Morgan fingerprint density at radius 1 is 1.18 bits per heavy atom. The van der Waals surface area contributed by atoms with Crippen LogP contribution in [0.25, 0.3) is 0 Å². The Hall–Kier alpha value is -2.07. The van der Waals surface area contributed by atoms with Gasteiger partial charge in [0.25, 0.3) is 5.91 Å². The number of sulfone groups is 1. The molecule has 0 saturated carbocycles. The van der Waals surface area contributed by atoms with Crippen molar-refractivity contribution in [1.29, 1.82) is 0 Å². The van der Waals surface area contributed by atoms with Crippen LogP contribution in [0.5, 0.6) is 0 Å². The number of carbonyl (C=O) groups is 2. The van der Waals surface area contributed by atoms with E-state index >= 15 is 0 Å². The fourth-order valence-electron chi connectivity index (χ4n) is 2.81. The zero-order chi connectivity index (χ0) is 21.5. The lowest BCUT2D eigenvalue weighted by Gasteiger charge is -2.26. The standard InChI is InChI=1S/C17H18ClF3N2O4S/c1-16(2)14(24)23(15(25)22(16)9-5-4-8-18)11-6-7-13(28(3,26)27)12(10-11)17(19,20)21/h4-7,10H,8-9H2,1-3H3/b5-4-. The summed E-state index contributed by atoms with van der Waals surface area (Å²) in [5.74, 6) is -0.529. The first-order chi connectivity index (χ1) is 12.7. The number of hydrogen-bond acceptors (Lipinski definition) is 4. The molecule has 1 heterocycles. The van der Waals surface area contributed by atoms with Crippen LogP contribution in [0.3, 0.4) is 0 Å². The second-order valence-corrected chi connectivity index (χ2v) is 8.96. The van der Waals surface area contributed by atoms with Crippen molar-refractivity contribution in [3.8, 4) is 0 Å². The minimum atomic E-state index is -4.99. The Bertz CT molecular complexity index is 942. The van der Waals surface area contributed by atoms with Crippen molar-refractivity contribution < 1.29 is 31.2 Å². The number of allylic oxidation sites excluding steroid dienone is 1. The van der Waals surface area contributed by atoms with Crippen LogP contribution in [0.15, 0.2) is 35.2 Å². The van der Waals surface area contributed by atoms with E-state index in [2.05, 4.69) is 0 Å². The van der Waals surface area contributed by atoms with Crippen molar-refractivity contribution in [1.82, 2.24) is 4.90 Å². The Kier molecular flexibility index (Phi) is 5.87. The second kappa shape index (κ2) is 7.40. The predicted molar refractivity (Wildman–Crippen MR) is 98.1 cm³/mol. The summed E-state index contributed by atoms with van der Waals surface area (Å²) in [4.78, 5) is 26.4. The summed E-state index contributed by atoms with van der Waals surface area (Å²) >= 11 is 5.54. The van der Waals surface area contributed by atoms with Gasteiger partial charge < -0.3 is 4.90 Å². The Balaban J connectivity index is 2.57. The van der Waals surface area contributed by atoms with Gasteiger partial charge in [0.05, 0.1) is 16.1 Å². The average Bonchev–Trinajstić information content (AvgIpc) is 2.72. The zero-order valence-corrected chi connectivity index (χ0v) is 16.8. The molecule has 0 aliphatic carbocycles. The van der Waals surface area contributed by atoms with Gasteiger partial charge in [-0.25, -0.2) is 18.1 Å². The lowest BCUT2D eigenvalue weighted by molar-refractivity contribution is -0.139. The lowest BCUT2D eigenvalue weighted by Crippen LogP contribution is -2.44. The molecule has 1 aromatic rings. The highest BCUT2D eigenvalue weighted by Gasteiger charge is 2.51. The maximum Gasteiger partial charge on any atom is 0.417 e. The summed E-state index contributed by atoms with van der Waals surface area (Å²) in [6, 6.07) is 1.45. The molecule has 1 aliphatic rings. The van der Waals surface area contributed by atoms with Gasteiger partial charge in [0, 0.05) is 18.7 Å². The summed E-state index contributed by atoms with van der Waals surface area (Å²) < 4.78 is 63.5. The molecule has 6 nitrogen and oxygen atoms in total. The highest BCUT2D eigenvalue weighted by Crippen LogP contribution is 2.39. The number of anilines is 1. The van der Waals surface area contributed by atoms with Crippen molar-refractivity contribution in [3.05, 3.63) is 35.9 Å². The molecule has 1 aliphatic heterocycles. The van der Waals surface area contributed by atoms with Crippen molar-refractivity contribution in [2.24, 2.45) is 0 Å². The van der Waals surface area contributed by atoms with Gasteiger partial charge in [-0.2, -0.15) is 13.2 Å². The maximum absolute atomic E-state index is 13.4. The van der Waals surface area contributed by atoms with Gasteiger partial charge in [0.2, 0.25) is 0 Å². The molecule has 0 radical (unpaired) electrons. The smallest absolute Gasteiger partial charge is 0.306 e. The van der Waals surface area contributed by atoms with Crippen molar-refractivity contribution in [3.63, 3.8) is 0 Å². The minimum absolute atomic E-state index is 0.0361. The fourth-order valence-corrected chi connectivity index (χ4v) is 3.83. The van der Waals surface area contributed by atoms with E-state index in [4.69, 9.17) is 11.6 Å². The fraction of sp³-hybridized carbons (Fsp3) is 0.412. The number of benzene rings is 1. The molecule has 28 heavy (non-hydrogen) atoms. The van der Waals surface area contributed by atoms with Crippen LogP contribution in [0.1, 0.15) is 19.4 Å². The topological polar surface area (TPSA) is 74.8 Å². The quantitative estimate of drug-likeness (QED) is 0.401. The highest BCUT2D eigenvalue weighted by atomic mass is 35.5. The third-order valence-corrected chi connectivity index (χ3v) is 5.63. The molecule has 1 saturated heterocycles. The third-order valence-electron chi connectivity index (χ3n) is 4.29. The number of halogens is 4. The van der Waals surface area contributed by atoms with Gasteiger partial charge in [0.1, 0.15) is 5.54 Å². The monoisotopic (exact) mass is 438 g/mol. The maximum atomic E-state index is 13.4. The van der Waals surface area contributed by atoms with Gasteiger partial charge in [-0.3, -0.25) is 4.79 Å². The molecule has 0 spiro atoms. The Labute approximate surface area is 165 Å². The first-order valence-corrected chi connectivity index (χ1v) is 10.4. The number of hydrogen-bond donors (Lipinski definition) is 0. The number of alkyl halides is 4. The van der Waals surface area contributed by atoms with Crippen LogP contribution in [0.4, 0.5) is 23.7 Å². The minimum Gasteiger partial charge on any atom is -0.306 e. The summed E-state index contributed by atoms with van der Waals surface area (Å²) in [7, 11) is -4.17. The van der Waals surface area contributed by atoms with Crippen molar-refractivity contribution in [2.75, 3.05) is 23.6 Å². The van der Waals surface area contributed by atoms with Gasteiger partial charge in [-0.05, 0) is 32.0 Å². The number of rotatable bonds is 5. The molecule has 154 valence electrons. The molecule has 0 aromatic heterocycles. The van der Waals surface area contributed by atoms with E-state index in [0.29, 0.717) is 17.2 Å². The lowest BCUT2D eigenvalue weighted by atomic mass is 10.0. The molecule has 1 aromatic carbocycles. The molecular weight excluding hydrogens is 421 g/mol. The van der Waals surface area contributed by atoms with Crippen LogP contribution in [0.2, 0.25) is 0 Å². The van der Waals surface area contributed by atoms with Crippen LogP contribution in [0, 0.1) is 0 Å². The number of carbonyl (C=O) groups excluding carboxylic acids is 2. The van der Waals surface area contributed by atoms with Gasteiger partial charge in [0.15, 0.2) is 9.84 Å². The van der Waals surface area contributed by atoms with Gasteiger partial charge in [-0.15, -0.1) is 11.6 Å². The summed E-state index contributed by atoms with van der Waals surface area (Å²) in [5.41, 5.74) is -3.10. The molecular formula is C17H18ClF3N2O4S. The number of imide groups is 1. The molecule has 0 unspecified atom stereocenters. The molecule has 1 fully saturated rings. The number of urea groups is 1. The van der Waals surface area contributed by atoms with E-state index in [1.54, 1.807) is 12.2 Å². The van der Waals surface area contributed by atoms with Gasteiger partial charge in [-0.1, -0.05) is 12.2 Å². The van der Waals surface area contributed by atoms with E-state index in [9.17, 15) is 31.2 Å². The average molecular weight is 439 g/mol. The van der Waals surface area contributed by atoms with E-state index < -0.39 is 43.9 Å². The van der Waals surface area contributed by atoms with Crippen LogP contribution in [-0.4, -0.2) is 49.5 Å². The molecule has 2 rings (SSSR count). The predicted octanol–water partition coefficient (Wildman–Crippen LogP) is 3.45. The Morgan fingerprint density at radius 3 is 2.29 bits per heavy atom. The molecule has 0 bridgehead atoms. The normalized spacial score (nSPS) is 17.8. The molecule has 0 atom stereocenters. The molecule has 0 N–H and O–H groups in total. The van der Waals surface area contributed by atoms with E-state index in [1.807, 2.05) is 0 Å². The first-order valence-electron chi connectivity index (χ1n) is 8.01. The van der Waals surface area contributed by atoms with Crippen LogP contribution < -0.4 is 4.90 Å². The molecule has 3 amide bonds. The SMILES string of the molecule is CC1(C)C(=O)N(c2ccc(S(C)(=O)=O)c(C(F)(F)F)c2)C(=O)N1C/C=C\CCl. The summed E-state index contributed by atoms with van der Waals surface area (Å²) in [6.45, 7) is 2.98. The van der Waals surface area contributed by atoms with Gasteiger partial charge >= 0.3 is 12.2 Å². The molecule has 11 heteroatoms. The second-order valence-electron chi connectivity index (χ2n) is 6.67. The van der Waals surface area contributed by atoms with Crippen molar-refractivity contribution in [2.45, 2.75) is 30.5 Å². The van der Waals surface area contributed by atoms with Crippen molar-refractivity contribution >= 4 is 39.1 Å².